The minimum atomic E-state index is -0.0843. The third-order valence-electron chi connectivity index (χ3n) is 4.26. The van der Waals surface area contributed by atoms with E-state index in [1.807, 2.05) is 46.7 Å². The summed E-state index contributed by atoms with van der Waals surface area (Å²) in [6.07, 6.45) is 1.93. The Morgan fingerprint density at radius 3 is 2.88 bits per heavy atom. The predicted octanol–water partition coefficient (Wildman–Crippen LogP) is 5.03. The van der Waals surface area contributed by atoms with Gasteiger partial charge in [-0.2, -0.15) is 0 Å². The van der Waals surface area contributed by atoms with E-state index < -0.39 is 0 Å². The third-order valence-corrected chi connectivity index (χ3v) is 5.40. The second-order valence-corrected chi connectivity index (χ2v) is 7.15. The molecule has 0 aliphatic carbocycles. The van der Waals surface area contributed by atoms with Crippen molar-refractivity contribution in [1.82, 2.24) is 10.1 Å². The summed E-state index contributed by atoms with van der Waals surface area (Å²) < 4.78 is 5.34. The summed E-state index contributed by atoms with van der Waals surface area (Å²) in [4.78, 5) is 15.7. The second-order valence-electron chi connectivity index (χ2n) is 5.76. The van der Waals surface area contributed by atoms with Crippen molar-refractivity contribution >= 4 is 28.8 Å². The highest BCUT2D eigenvalue weighted by Crippen LogP contribution is 2.34. The lowest BCUT2D eigenvalue weighted by Gasteiger charge is -2.24. The van der Waals surface area contributed by atoms with Crippen LogP contribution in [-0.2, 0) is 0 Å². The Morgan fingerprint density at radius 1 is 1.29 bits per heavy atom. The highest BCUT2D eigenvalue weighted by molar-refractivity contribution is 7.13. The minimum absolute atomic E-state index is 0.0663. The Hall–Kier alpha value is -2.11. The number of hydrogen-bond donors (Lipinski definition) is 0. The highest BCUT2D eigenvalue weighted by Gasteiger charge is 2.32. The summed E-state index contributed by atoms with van der Waals surface area (Å²) >= 11 is 7.52. The number of nitrogens with zero attached hydrogens (tertiary/aromatic N) is 2. The van der Waals surface area contributed by atoms with Crippen LogP contribution in [0.15, 0.2) is 52.4 Å². The molecule has 0 unspecified atom stereocenters. The van der Waals surface area contributed by atoms with Gasteiger partial charge >= 0.3 is 0 Å². The monoisotopic (exact) mass is 358 g/mol. The number of halogens is 1. The average molecular weight is 359 g/mol. The van der Waals surface area contributed by atoms with Gasteiger partial charge in [0.05, 0.1) is 10.9 Å². The Bertz CT molecular complexity index is 842. The number of rotatable bonds is 3. The van der Waals surface area contributed by atoms with Crippen molar-refractivity contribution in [3.05, 3.63) is 64.1 Å². The summed E-state index contributed by atoms with van der Waals surface area (Å²) in [5, 5.41) is 6.65. The van der Waals surface area contributed by atoms with Gasteiger partial charge in [0.1, 0.15) is 0 Å². The Morgan fingerprint density at radius 2 is 2.12 bits per heavy atom. The van der Waals surface area contributed by atoms with E-state index in [0.717, 1.165) is 29.8 Å². The number of aromatic nitrogens is 1. The van der Waals surface area contributed by atoms with Crippen molar-refractivity contribution in [2.75, 3.05) is 6.54 Å². The zero-order chi connectivity index (χ0) is 16.5. The average Bonchev–Trinajstić information content (AvgIpc) is 3.34. The lowest BCUT2D eigenvalue weighted by atomic mass is 10.0. The van der Waals surface area contributed by atoms with E-state index in [1.165, 1.54) is 0 Å². The molecule has 24 heavy (non-hydrogen) atoms. The van der Waals surface area contributed by atoms with Crippen LogP contribution in [0.4, 0.5) is 0 Å². The smallest absolute Gasteiger partial charge is 0.276 e. The Balaban J connectivity index is 1.58. The van der Waals surface area contributed by atoms with Gasteiger partial charge in [-0.1, -0.05) is 35.0 Å². The molecule has 3 aromatic rings. The number of thiophene rings is 1. The predicted molar refractivity (Wildman–Crippen MR) is 94.3 cm³/mol. The third kappa shape index (κ3) is 2.85. The van der Waals surface area contributed by atoms with Gasteiger partial charge < -0.3 is 9.42 Å². The molecule has 4 nitrogen and oxygen atoms in total. The van der Waals surface area contributed by atoms with Crippen LogP contribution in [0.25, 0.3) is 10.6 Å². The summed E-state index contributed by atoms with van der Waals surface area (Å²) in [6, 6.07) is 13.4. The lowest BCUT2D eigenvalue weighted by molar-refractivity contribution is 0.0725. The first-order valence-electron chi connectivity index (χ1n) is 7.79. The van der Waals surface area contributed by atoms with Gasteiger partial charge in [0.25, 0.3) is 5.91 Å². The largest absolute Gasteiger partial charge is 0.355 e. The Kier molecular flexibility index (Phi) is 4.12. The minimum Gasteiger partial charge on any atom is -0.355 e. The molecule has 0 N–H and O–H groups in total. The second kappa shape index (κ2) is 6.42. The van der Waals surface area contributed by atoms with E-state index in [0.29, 0.717) is 16.5 Å². The van der Waals surface area contributed by atoms with Gasteiger partial charge in [-0.25, -0.2) is 0 Å². The molecule has 0 saturated carbocycles. The number of carbonyl (C=O) groups excluding carboxylic acids is 1. The van der Waals surface area contributed by atoms with Crippen molar-refractivity contribution in [2.24, 2.45) is 0 Å². The molecular weight excluding hydrogens is 344 g/mol. The van der Waals surface area contributed by atoms with Crippen LogP contribution in [0.3, 0.4) is 0 Å². The molecule has 3 heterocycles. The molecule has 1 saturated heterocycles. The van der Waals surface area contributed by atoms with E-state index in [4.69, 9.17) is 16.1 Å². The molecule has 1 atom stereocenters. The molecule has 122 valence electrons. The molecule has 1 amide bonds. The van der Waals surface area contributed by atoms with Gasteiger partial charge in [0.2, 0.25) is 0 Å². The molecule has 0 radical (unpaired) electrons. The number of amides is 1. The first-order chi connectivity index (χ1) is 11.7. The van der Waals surface area contributed by atoms with Crippen LogP contribution in [0, 0.1) is 0 Å². The summed E-state index contributed by atoms with van der Waals surface area (Å²) in [7, 11) is 0. The lowest BCUT2D eigenvalue weighted by Crippen LogP contribution is -2.30. The number of carbonyl (C=O) groups is 1. The fourth-order valence-corrected chi connectivity index (χ4v) is 3.90. The maximum atomic E-state index is 12.9. The highest BCUT2D eigenvalue weighted by atomic mass is 35.5. The number of likely N-dealkylation sites (tertiary alicyclic amines) is 1. The first-order valence-corrected chi connectivity index (χ1v) is 9.05. The molecule has 1 aromatic carbocycles. The maximum absolute atomic E-state index is 12.9. The summed E-state index contributed by atoms with van der Waals surface area (Å²) in [5.41, 5.74) is 1.46. The SMILES string of the molecule is O=C(c1cc(-c2cccs2)on1)N1CCC[C@H]1c1ccc(Cl)cc1. The van der Waals surface area contributed by atoms with Crippen LogP contribution >= 0.6 is 22.9 Å². The molecular formula is C18H15ClN2O2S. The molecule has 2 aromatic heterocycles. The number of hydrogen-bond acceptors (Lipinski definition) is 4. The standard InChI is InChI=1S/C18H15ClN2O2S/c19-13-7-5-12(6-8-13)15-3-1-9-21(15)18(22)14-11-16(23-20-14)17-4-2-10-24-17/h2,4-8,10-11,15H,1,3,9H2/t15-/m0/s1. The number of benzene rings is 1. The summed E-state index contributed by atoms with van der Waals surface area (Å²) in [5.74, 6) is 0.551. The Labute approximate surface area is 148 Å². The molecule has 0 bridgehead atoms. The van der Waals surface area contributed by atoms with E-state index in [1.54, 1.807) is 17.4 Å². The maximum Gasteiger partial charge on any atom is 0.276 e. The molecule has 1 aliphatic rings. The van der Waals surface area contributed by atoms with Crippen LogP contribution in [0.2, 0.25) is 5.02 Å². The molecule has 4 rings (SSSR count). The van der Waals surface area contributed by atoms with Crippen LogP contribution < -0.4 is 0 Å². The van der Waals surface area contributed by atoms with E-state index in [-0.39, 0.29) is 11.9 Å². The van der Waals surface area contributed by atoms with Gasteiger partial charge in [-0.15, -0.1) is 11.3 Å². The summed E-state index contributed by atoms with van der Waals surface area (Å²) in [6.45, 7) is 0.729. The fraction of sp³-hybridized carbons (Fsp3) is 0.222. The van der Waals surface area contributed by atoms with Crippen molar-refractivity contribution in [1.29, 1.82) is 0 Å². The van der Waals surface area contributed by atoms with Gasteiger partial charge in [-0.3, -0.25) is 4.79 Å². The molecule has 6 heteroatoms. The van der Waals surface area contributed by atoms with Crippen LogP contribution in [0.5, 0.6) is 0 Å². The van der Waals surface area contributed by atoms with Crippen LogP contribution in [0.1, 0.15) is 34.9 Å². The molecule has 1 aliphatic heterocycles. The zero-order valence-electron chi connectivity index (χ0n) is 12.8. The van der Waals surface area contributed by atoms with E-state index >= 15 is 0 Å². The molecule has 0 spiro atoms. The van der Waals surface area contributed by atoms with E-state index in [2.05, 4.69) is 5.16 Å². The van der Waals surface area contributed by atoms with E-state index in [9.17, 15) is 4.79 Å². The van der Waals surface area contributed by atoms with Crippen LogP contribution in [-0.4, -0.2) is 22.5 Å². The zero-order valence-corrected chi connectivity index (χ0v) is 14.4. The van der Waals surface area contributed by atoms with Crippen molar-refractivity contribution in [3.63, 3.8) is 0 Å². The van der Waals surface area contributed by atoms with Gasteiger partial charge in [0.15, 0.2) is 11.5 Å². The van der Waals surface area contributed by atoms with Gasteiger partial charge in [-0.05, 0) is 42.0 Å². The topological polar surface area (TPSA) is 46.3 Å². The quantitative estimate of drug-likeness (QED) is 0.659. The fourth-order valence-electron chi connectivity index (χ4n) is 3.10. The normalized spacial score (nSPS) is 17.4. The van der Waals surface area contributed by atoms with Crippen molar-refractivity contribution < 1.29 is 9.32 Å². The molecule has 1 fully saturated rings. The van der Waals surface area contributed by atoms with Gasteiger partial charge in [0, 0.05) is 17.6 Å². The first kappa shape index (κ1) is 15.4. The van der Waals surface area contributed by atoms with Crippen molar-refractivity contribution in [3.8, 4) is 10.6 Å². The van der Waals surface area contributed by atoms with Crippen molar-refractivity contribution in [2.45, 2.75) is 18.9 Å².